The predicted octanol–water partition coefficient (Wildman–Crippen LogP) is 2.41. The number of fused-ring (bicyclic) bond motifs is 1. The molecule has 9 heteroatoms. The largest absolute Gasteiger partial charge is 0.454 e. The second-order valence-electron chi connectivity index (χ2n) is 7.81. The molecular weight excluding hydrogens is 426 g/mol. The van der Waals surface area contributed by atoms with Crippen LogP contribution in [0.1, 0.15) is 21.7 Å². The van der Waals surface area contributed by atoms with Crippen molar-refractivity contribution in [3.63, 3.8) is 0 Å². The zero-order valence-electron chi connectivity index (χ0n) is 17.7. The fraction of sp³-hybridized carbons (Fsp3) is 0.348. The van der Waals surface area contributed by atoms with Gasteiger partial charge in [0, 0.05) is 62.8 Å². The fourth-order valence-corrected chi connectivity index (χ4v) is 4.59. The van der Waals surface area contributed by atoms with Crippen LogP contribution in [0.3, 0.4) is 0 Å². The lowest BCUT2D eigenvalue weighted by Crippen LogP contribution is -2.48. The summed E-state index contributed by atoms with van der Waals surface area (Å²) in [5.74, 6) is 2.09. The smallest absolute Gasteiger partial charge is 0.251 e. The van der Waals surface area contributed by atoms with Gasteiger partial charge in [0.05, 0.1) is 0 Å². The lowest BCUT2D eigenvalue weighted by Gasteiger charge is -2.34. The Labute approximate surface area is 190 Å². The molecule has 0 aliphatic carbocycles. The molecule has 166 valence electrons. The zero-order valence-corrected chi connectivity index (χ0v) is 18.5. The Morgan fingerprint density at radius 1 is 1.03 bits per heavy atom. The van der Waals surface area contributed by atoms with E-state index < -0.39 is 0 Å². The molecule has 0 saturated carbocycles. The van der Waals surface area contributed by atoms with Crippen LogP contribution in [-0.2, 0) is 6.42 Å². The van der Waals surface area contributed by atoms with E-state index in [1.54, 1.807) is 18.2 Å². The first-order chi connectivity index (χ1) is 15.7. The number of aromatic nitrogens is 2. The van der Waals surface area contributed by atoms with E-state index >= 15 is 0 Å². The van der Waals surface area contributed by atoms with Gasteiger partial charge in [0.25, 0.3) is 5.91 Å². The number of carbonyl (C=O) groups excluding carboxylic acids is 1. The van der Waals surface area contributed by atoms with Gasteiger partial charge in [-0.3, -0.25) is 9.69 Å². The molecule has 3 heterocycles. The average Bonchev–Trinajstić information content (AvgIpc) is 3.49. The van der Waals surface area contributed by atoms with E-state index in [0.717, 1.165) is 50.1 Å². The van der Waals surface area contributed by atoms with Crippen molar-refractivity contribution in [2.45, 2.75) is 6.42 Å². The molecule has 0 bridgehead atoms. The number of rotatable bonds is 7. The monoisotopic (exact) mass is 451 g/mol. The van der Waals surface area contributed by atoms with E-state index in [1.807, 2.05) is 18.2 Å². The summed E-state index contributed by atoms with van der Waals surface area (Å²) in [6.07, 6.45) is 0.764. The molecule has 1 fully saturated rings. The number of carbonyl (C=O) groups is 1. The quantitative estimate of drug-likeness (QED) is 0.591. The molecule has 0 atom stereocenters. The summed E-state index contributed by atoms with van der Waals surface area (Å²) < 4.78 is 15.2. The minimum absolute atomic E-state index is 0.0956. The van der Waals surface area contributed by atoms with Crippen molar-refractivity contribution in [2.75, 3.05) is 51.0 Å². The SMILES string of the molecule is O=C(NCCN1CCN(c2nc(Cc3ccccc3)ns2)CC1)c1ccc2c(c1)OCO2. The molecule has 1 N–H and O–H groups in total. The van der Waals surface area contributed by atoms with Gasteiger partial charge in [-0.05, 0) is 23.8 Å². The third-order valence-electron chi connectivity index (χ3n) is 5.65. The molecule has 1 saturated heterocycles. The first-order valence-electron chi connectivity index (χ1n) is 10.8. The van der Waals surface area contributed by atoms with Gasteiger partial charge in [0.2, 0.25) is 11.9 Å². The standard InChI is InChI=1S/C23H25N5O3S/c29-22(18-6-7-19-20(15-18)31-16-30-19)24-8-9-27-10-12-28(13-11-27)23-25-21(26-32-23)14-17-4-2-1-3-5-17/h1-7,15H,8-14,16H2,(H,24,29). The van der Waals surface area contributed by atoms with E-state index in [4.69, 9.17) is 14.5 Å². The molecule has 2 aliphatic heterocycles. The average molecular weight is 452 g/mol. The Bertz CT molecular complexity index is 1070. The second kappa shape index (κ2) is 9.54. The highest BCUT2D eigenvalue weighted by molar-refractivity contribution is 7.09. The third-order valence-corrected chi connectivity index (χ3v) is 6.47. The van der Waals surface area contributed by atoms with Crippen molar-refractivity contribution in [1.29, 1.82) is 0 Å². The predicted molar refractivity (Wildman–Crippen MR) is 123 cm³/mol. The van der Waals surface area contributed by atoms with Crippen LogP contribution in [0.2, 0.25) is 0 Å². The highest BCUT2D eigenvalue weighted by Crippen LogP contribution is 2.32. The van der Waals surface area contributed by atoms with Gasteiger partial charge in [-0.15, -0.1) is 0 Å². The first-order valence-corrected chi connectivity index (χ1v) is 11.5. The van der Waals surface area contributed by atoms with Gasteiger partial charge >= 0.3 is 0 Å². The molecule has 1 aromatic heterocycles. The van der Waals surface area contributed by atoms with Crippen molar-refractivity contribution < 1.29 is 14.3 Å². The molecule has 1 amide bonds. The Morgan fingerprint density at radius 2 is 1.84 bits per heavy atom. The Balaban J connectivity index is 1.05. The maximum atomic E-state index is 12.4. The van der Waals surface area contributed by atoms with Crippen LogP contribution in [-0.4, -0.2) is 66.2 Å². The van der Waals surface area contributed by atoms with E-state index in [9.17, 15) is 4.79 Å². The van der Waals surface area contributed by atoms with E-state index in [2.05, 4.69) is 31.6 Å². The molecule has 32 heavy (non-hydrogen) atoms. The number of hydrogen-bond donors (Lipinski definition) is 1. The van der Waals surface area contributed by atoms with Crippen LogP contribution >= 0.6 is 11.5 Å². The molecule has 3 aromatic rings. The maximum Gasteiger partial charge on any atom is 0.251 e. The number of ether oxygens (including phenoxy) is 2. The third kappa shape index (κ3) is 4.84. The Morgan fingerprint density at radius 3 is 2.69 bits per heavy atom. The number of anilines is 1. The molecule has 0 radical (unpaired) electrons. The summed E-state index contributed by atoms with van der Waals surface area (Å²) in [5.41, 5.74) is 1.81. The molecule has 5 rings (SSSR count). The number of piperazine rings is 1. The fourth-order valence-electron chi connectivity index (χ4n) is 3.85. The van der Waals surface area contributed by atoms with Crippen LogP contribution < -0.4 is 19.7 Å². The number of hydrogen-bond acceptors (Lipinski definition) is 8. The molecular formula is C23H25N5O3S. The van der Waals surface area contributed by atoms with E-state index in [0.29, 0.717) is 23.6 Å². The van der Waals surface area contributed by atoms with Crippen LogP contribution in [0, 0.1) is 0 Å². The van der Waals surface area contributed by atoms with Crippen LogP contribution in [0.5, 0.6) is 11.5 Å². The summed E-state index contributed by atoms with van der Waals surface area (Å²) in [6.45, 7) is 5.33. The Hall–Kier alpha value is -3.17. The maximum absolute atomic E-state index is 12.4. The number of amides is 1. The number of benzene rings is 2. The second-order valence-corrected chi connectivity index (χ2v) is 8.54. The van der Waals surface area contributed by atoms with Crippen molar-refractivity contribution in [1.82, 2.24) is 19.6 Å². The molecule has 2 aromatic carbocycles. The summed E-state index contributed by atoms with van der Waals surface area (Å²) in [6, 6.07) is 15.6. The van der Waals surface area contributed by atoms with Crippen molar-refractivity contribution >= 4 is 22.6 Å². The molecule has 0 spiro atoms. The minimum atomic E-state index is -0.0956. The van der Waals surface area contributed by atoms with Crippen molar-refractivity contribution in [3.8, 4) is 11.5 Å². The van der Waals surface area contributed by atoms with Gasteiger partial charge in [-0.2, -0.15) is 4.37 Å². The summed E-state index contributed by atoms with van der Waals surface area (Å²) in [7, 11) is 0. The first kappa shape index (κ1) is 20.7. The van der Waals surface area contributed by atoms with Gasteiger partial charge in [-0.1, -0.05) is 30.3 Å². The van der Waals surface area contributed by atoms with Crippen LogP contribution in [0.25, 0.3) is 0 Å². The highest BCUT2D eigenvalue weighted by Gasteiger charge is 2.21. The number of nitrogens with one attached hydrogen (secondary N) is 1. The van der Waals surface area contributed by atoms with E-state index in [1.165, 1.54) is 17.1 Å². The lowest BCUT2D eigenvalue weighted by atomic mass is 10.1. The van der Waals surface area contributed by atoms with E-state index in [-0.39, 0.29) is 12.7 Å². The normalized spacial score (nSPS) is 15.7. The minimum Gasteiger partial charge on any atom is -0.454 e. The molecule has 2 aliphatic rings. The van der Waals surface area contributed by atoms with Gasteiger partial charge in [-0.25, -0.2) is 4.98 Å². The summed E-state index contributed by atoms with van der Waals surface area (Å²) >= 11 is 1.47. The van der Waals surface area contributed by atoms with Crippen LogP contribution in [0.4, 0.5) is 5.13 Å². The van der Waals surface area contributed by atoms with Crippen LogP contribution in [0.15, 0.2) is 48.5 Å². The van der Waals surface area contributed by atoms with Crippen molar-refractivity contribution in [2.24, 2.45) is 0 Å². The number of nitrogens with zero attached hydrogens (tertiary/aromatic N) is 4. The zero-order chi connectivity index (χ0) is 21.8. The van der Waals surface area contributed by atoms with Crippen molar-refractivity contribution in [3.05, 3.63) is 65.5 Å². The van der Waals surface area contributed by atoms with Gasteiger partial charge < -0.3 is 19.7 Å². The van der Waals surface area contributed by atoms with Gasteiger partial charge in [0.1, 0.15) is 5.82 Å². The topological polar surface area (TPSA) is 79.8 Å². The highest BCUT2D eigenvalue weighted by atomic mass is 32.1. The lowest BCUT2D eigenvalue weighted by molar-refractivity contribution is 0.0947. The molecule has 0 unspecified atom stereocenters. The summed E-state index contributed by atoms with van der Waals surface area (Å²) in [4.78, 5) is 21.8. The summed E-state index contributed by atoms with van der Waals surface area (Å²) in [5, 5.41) is 3.99. The molecule has 8 nitrogen and oxygen atoms in total. The van der Waals surface area contributed by atoms with Gasteiger partial charge in [0.15, 0.2) is 11.5 Å². The Kier molecular flexibility index (Phi) is 6.17.